The molecule has 0 radical (unpaired) electrons. The molecule has 96 valence electrons. The molecule has 0 saturated heterocycles. The highest BCUT2D eigenvalue weighted by atomic mass is 16.1. The van der Waals surface area contributed by atoms with Crippen molar-refractivity contribution in [3.05, 3.63) is 34.7 Å². The van der Waals surface area contributed by atoms with E-state index in [9.17, 15) is 4.79 Å². The maximum Gasteiger partial charge on any atom is 0.250 e. The molecule has 4 nitrogen and oxygen atoms in total. The van der Waals surface area contributed by atoms with E-state index in [-0.39, 0.29) is 5.56 Å². The zero-order valence-corrected chi connectivity index (χ0v) is 10.8. The standard InChI is InChI=1S/C13H23N3O/c1-12(2)15(9-5-7-14)10-11-16-8-4-3-6-13(16)17/h3-4,6,8,12H,5,7,9-11,14H2,1-2H3. The second kappa shape index (κ2) is 7.25. The quantitative estimate of drug-likeness (QED) is 0.767. The molecule has 0 aliphatic carbocycles. The largest absolute Gasteiger partial charge is 0.330 e. The predicted molar refractivity (Wildman–Crippen MR) is 71.1 cm³/mol. The lowest BCUT2D eigenvalue weighted by atomic mass is 10.3. The third-order valence-corrected chi connectivity index (χ3v) is 2.91. The van der Waals surface area contributed by atoms with E-state index in [2.05, 4.69) is 18.7 Å². The Bertz CT molecular complexity index is 373. The lowest BCUT2D eigenvalue weighted by molar-refractivity contribution is 0.211. The fourth-order valence-electron chi connectivity index (χ4n) is 1.80. The molecule has 17 heavy (non-hydrogen) atoms. The van der Waals surface area contributed by atoms with E-state index >= 15 is 0 Å². The first-order valence-corrected chi connectivity index (χ1v) is 6.24. The molecule has 0 fully saturated rings. The zero-order chi connectivity index (χ0) is 12.7. The molecule has 0 bridgehead atoms. The van der Waals surface area contributed by atoms with Crippen molar-refractivity contribution in [3.63, 3.8) is 0 Å². The van der Waals surface area contributed by atoms with Crippen LogP contribution in [0.1, 0.15) is 20.3 Å². The summed E-state index contributed by atoms with van der Waals surface area (Å²) >= 11 is 0. The molecular formula is C13H23N3O. The van der Waals surface area contributed by atoms with Crippen LogP contribution in [0.15, 0.2) is 29.2 Å². The maximum atomic E-state index is 11.5. The Kier molecular flexibility index (Phi) is 5.94. The summed E-state index contributed by atoms with van der Waals surface area (Å²) in [4.78, 5) is 13.9. The van der Waals surface area contributed by atoms with Crippen molar-refractivity contribution < 1.29 is 0 Å². The molecule has 0 aliphatic rings. The third kappa shape index (κ3) is 4.71. The minimum absolute atomic E-state index is 0.0648. The number of hydrogen-bond acceptors (Lipinski definition) is 3. The molecule has 0 aliphatic heterocycles. The van der Waals surface area contributed by atoms with Gasteiger partial charge in [-0.05, 0) is 39.4 Å². The van der Waals surface area contributed by atoms with E-state index in [0.29, 0.717) is 12.6 Å². The summed E-state index contributed by atoms with van der Waals surface area (Å²) < 4.78 is 1.75. The summed E-state index contributed by atoms with van der Waals surface area (Å²) in [6, 6.07) is 5.75. The van der Waals surface area contributed by atoms with Gasteiger partial charge in [-0.25, -0.2) is 0 Å². The summed E-state index contributed by atoms with van der Waals surface area (Å²) in [5, 5.41) is 0. The van der Waals surface area contributed by atoms with Gasteiger partial charge in [0.15, 0.2) is 0 Å². The Hall–Kier alpha value is -1.13. The van der Waals surface area contributed by atoms with Gasteiger partial charge in [-0.3, -0.25) is 9.69 Å². The minimum Gasteiger partial charge on any atom is -0.330 e. The van der Waals surface area contributed by atoms with Crippen molar-refractivity contribution in [2.45, 2.75) is 32.9 Å². The average Bonchev–Trinajstić information content (AvgIpc) is 2.31. The maximum absolute atomic E-state index is 11.5. The molecule has 0 amide bonds. The Morgan fingerprint density at radius 3 is 2.71 bits per heavy atom. The number of nitrogens with two attached hydrogens (primary N) is 1. The van der Waals surface area contributed by atoms with Crippen molar-refractivity contribution in [2.24, 2.45) is 5.73 Å². The van der Waals surface area contributed by atoms with Crippen LogP contribution in [-0.4, -0.2) is 35.1 Å². The molecule has 1 aromatic heterocycles. The number of pyridine rings is 1. The first kappa shape index (κ1) is 13.9. The van der Waals surface area contributed by atoms with Gasteiger partial charge in [-0.15, -0.1) is 0 Å². The van der Waals surface area contributed by atoms with Gasteiger partial charge in [0.1, 0.15) is 0 Å². The van der Waals surface area contributed by atoms with Gasteiger partial charge in [0, 0.05) is 31.4 Å². The molecule has 1 aromatic rings. The second-order valence-electron chi connectivity index (χ2n) is 4.50. The molecule has 1 rings (SSSR count). The molecule has 0 aromatic carbocycles. The lowest BCUT2D eigenvalue weighted by Gasteiger charge is -2.26. The van der Waals surface area contributed by atoms with Gasteiger partial charge >= 0.3 is 0 Å². The fraction of sp³-hybridized carbons (Fsp3) is 0.615. The Morgan fingerprint density at radius 2 is 2.12 bits per heavy atom. The van der Waals surface area contributed by atoms with Gasteiger partial charge in [-0.2, -0.15) is 0 Å². The first-order chi connectivity index (χ1) is 8.15. The van der Waals surface area contributed by atoms with E-state index in [1.807, 2.05) is 12.3 Å². The van der Waals surface area contributed by atoms with Crippen LogP contribution in [0.4, 0.5) is 0 Å². The fourth-order valence-corrected chi connectivity index (χ4v) is 1.80. The van der Waals surface area contributed by atoms with Gasteiger partial charge in [0.25, 0.3) is 5.56 Å². The van der Waals surface area contributed by atoms with Crippen molar-refractivity contribution in [1.29, 1.82) is 0 Å². The monoisotopic (exact) mass is 237 g/mol. The molecule has 4 heteroatoms. The van der Waals surface area contributed by atoms with Gasteiger partial charge in [0.05, 0.1) is 0 Å². The van der Waals surface area contributed by atoms with E-state index in [1.165, 1.54) is 0 Å². The Balaban J connectivity index is 2.52. The molecule has 2 N–H and O–H groups in total. The second-order valence-corrected chi connectivity index (χ2v) is 4.50. The number of nitrogens with zero attached hydrogens (tertiary/aromatic N) is 2. The number of hydrogen-bond donors (Lipinski definition) is 1. The summed E-state index contributed by atoms with van der Waals surface area (Å²) in [7, 11) is 0. The smallest absolute Gasteiger partial charge is 0.250 e. The average molecular weight is 237 g/mol. The van der Waals surface area contributed by atoms with E-state index in [0.717, 1.165) is 26.1 Å². The van der Waals surface area contributed by atoms with Gasteiger partial charge in [-0.1, -0.05) is 6.07 Å². The molecule has 1 heterocycles. The van der Waals surface area contributed by atoms with Crippen LogP contribution in [0, 0.1) is 0 Å². The molecule has 0 unspecified atom stereocenters. The summed E-state index contributed by atoms with van der Waals surface area (Å²) in [6.07, 6.45) is 2.84. The SMILES string of the molecule is CC(C)N(CCCN)CCn1ccccc1=O. The van der Waals surface area contributed by atoms with Crippen LogP contribution in [0.25, 0.3) is 0 Å². The summed E-state index contributed by atoms with van der Waals surface area (Å²) in [5.41, 5.74) is 5.59. The summed E-state index contributed by atoms with van der Waals surface area (Å²) in [5.74, 6) is 0. The normalized spacial score (nSPS) is 11.4. The van der Waals surface area contributed by atoms with Crippen LogP contribution in [0.5, 0.6) is 0 Å². The molecule has 0 saturated carbocycles. The van der Waals surface area contributed by atoms with Gasteiger partial charge in [0.2, 0.25) is 0 Å². The zero-order valence-electron chi connectivity index (χ0n) is 10.8. The highest BCUT2D eigenvalue weighted by Crippen LogP contribution is 1.99. The van der Waals surface area contributed by atoms with Crippen LogP contribution in [-0.2, 0) is 6.54 Å². The minimum atomic E-state index is 0.0648. The molecule has 0 spiro atoms. The Morgan fingerprint density at radius 1 is 1.35 bits per heavy atom. The highest BCUT2D eigenvalue weighted by molar-refractivity contribution is 4.93. The number of aromatic nitrogens is 1. The highest BCUT2D eigenvalue weighted by Gasteiger charge is 2.08. The number of rotatable bonds is 7. The molecular weight excluding hydrogens is 214 g/mol. The van der Waals surface area contributed by atoms with Crippen LogP contribution >= 0.6 is 0 Å². The predicted octanol–water partition coefficient (Wildman–Crippen LogP) is 0.907. The van der Waals surface area contributed by atoms with Crippen molar-refractivity contribution in [3.8, 4) is 0 Å². The third-order valence-electron chi connectivity index (χ3n) is 2.91. The van der Waals surface area contributed by atoms with Crippen LogP contribution < -0.4 is 11.3 Å². The van der Waals surface area contributed by atoms with Crippen molar-refractivity contribution in [2.75, 3.05) is 19.6 Å². The lowest BCUT2D eigenvalue weighted by Crippen LogP contribution is -2.36. The van der Waals surface area contributed by atoms with E-state index in [1.54, 1.807) is 16.7 Å². The van der Waals surface area contributed by atoms with Gasteiger partial charge < -0.3 is 10.3 Å². The molecule has 0 atom stereocenters. The van der Waals surface area contributed by atoms with Crippen LogP contribution in [0.3, 0.4) is 0 Å². The van der Waals surface area contributed by atoms with E-state index in [4.69, 9.17) is 5.73 Å². The van der Waals surface area contributed by atoms with E-state index < -0.39 is 0 Å². The van der Waals surface area contributed by atoms with Crippen molar-refractivity contribution in [1.82, 2.24) is 9.47 Å². The Labute approximate surface area is 103 Å². The first-order valence-electron chi connectivity index (χ1n) is 6.24. The van der Waals surface area contributed by atoms with Crippen LogP contribution in [0.2, 0.25) is 0 Å². The summed E-state index contributed by atoms with van der Waals surface area (Å²) in [6.45, 7) is 7.68. The van der Waals surface area contributed by atoms with Crippen molar-refractivity contribution >= 4 is 0 Å². The topological polar surface area (TPSA) is 51.3 Å².